The highest BCUT2D eigenvalue weighted by atomic mass is 14.5. The van der Waals surface area contributed by atoms with Gasteiger partial charge in [0.25, 0.3) is 0 Å². The summed E-state index contributed by atoms with van der Waals surface area (Å²) in [5.74, 6) is 2.61. The van der Waals surface area contributed by atoms with E-state index in [0.29, 0.717) is 10.8 Å². The van der Waals surface area contributed by atoms with Crippen LogP contribution in [-0.4, -0.2) is 0 Å². The lowest BCUT2D eigenvalue weighted by molar-refractivity contribution is -0.0204. The van der Waals surface area contributed by atoms with Crippen LogP contribution in [0.15, 0.2) is 0 Å². The second kappa shape index (κ2) is 3.54. The van der Waals surface area contributed by atoms with Gasteiger partial charge in [0.15, 0.2) is 0 Å². The van der Waals surface area contributed by atoms with Crippen molar-refractivity contribution in [3.63, 3.8) is 0 Å². The van der Waals surface area contributed by atoms with Gasteiger partial charge in [0, 0.05) is 0 Å². The molecule has 0 amide bonds. The maximum absolute atomic E-state index is 2.45. The topological polar surface area (TPSA) is 0 Å². The SMILES string of the molecule is CC(C)C1CC(C)(C)C(C)C(C)(C)C1. The van der Waals surface area contributed by atoms with E-state index in [1.807, 2.05) is 0 Å². The molecule has 0 nitrogen and oxygen atoms in total. The van der Waals surface area contributed by atoms with Crippen LogP contribution in [0.5, 0.6) is 0 Å². The molecule has 0 unspecified atom stereocenters. The molecule has 1 fully saturated rings. The highest BCUT2D eigenvalue weighted by Gasteiger charge is 2.45. The first-order valence-corrected chi connectivity index (χ1v) is 6.17. The van der Waals surface area contributed by atoms with Crippen LogP contribution >= 0.6 is 0 Å². The smallest absolute Gasteiger partial charge is 0.0321 e. The monoisotopic (exact) mass is 196 g/mol. The number of rotatable bonds is 1. The Morgan fingerprint density at radius 3 is 1.57 bits per heavy atom. The molecule has 84 valence electrons. The van der Waals surface area contributed by atoms with Gasteiger partial charge in [-0.15, -0.1) is 0 Å². The Labute approximate surface area is 90.5 Å². The summed E-state index contributed by atoms with van der Waals surface area (Å²) in [6.45, 7) is 17.0. The average Bonchev–Trinajstić information content (AvgIpc) is 1.98. The molecular formula is C14H28. The average molecular weight is 196 g/mol. The summed E-state index contributed by atoms with van der Waals surface area (Å²) in [6.07, 6.45) is 2.82. The Kier molecular flexibility index (Phi) is 3.05. The Bertz CT molecular complexity index is 180. The highest BCUT2D eigenvalue weighted by Crippen LogP contribution is 2.54. The van der Waals surface area contributed by atoms with E-state index < -0.39 is 0 Å². The first-order chi connectivity index (χ1) is 6.17. The minimum absolute atomic E-state index is 0.524. The predicted molar refractivity (Wildman–Crippen MR) is 64.3 cm³/mol. The fraction of sp³-hybridized carbons (Fsp3) is 1.00. The summed E-state index contributed by atoms with van der Waals surface area (Å²) < 4.78 is 0. The van der Waals surface area contributed by atoms with Gasteiger partial charge in [-0.3, -0.25) is 0 Å². The Morgan fingerprint density at radius 1 is 0.929 bits per heavy atom. The van der Waals surface area contributed by atoms with Crippen LogP contribution in [0.3, 0.4) is 0 Å². The van der Waals surface area contributed by atoms with E-state index in [2.05, 4.69) is 48.5 Å². The van der Waals surface area contributed by atoms with Gasteiger partial charge in [0.1, 0.15) is 0 Å². The normalized spacial score (nSPS) is 36.0. The third-order valence-electron chi connectivity index (χ3n) is 4.86. The van der Waals surface area contributed by atoms with Crippen LogP contribution < -0.4 is 0 Å². The molecule has 1 rings (SSSR count). The van der Waals surface area contributed by atoms with Crippen molar-refractivity contribution in [2.75, 3.05) is 0 Å². The lowest BCUT2D eigenvalue weighted by Gasteiger charge is -2.52. The zero-order valence-electron chi connectivity index (χ0n) is 11.1. The third-order valence-corrected chi connectivity index (χ3v) is 4.86. The molecule has 0 saturated heterocycles. The minimum atomic E-state index is 0.524. The van der Waals surface area contributed by atoms with E-state index in [-0.39, 0.29) is 0 Å². The summed E-state index contributed by atoms with van der Waals surface area (Å²) in [5, 5.41) is 0. The molecule has 1 aliphatic carbocycles. The van der Waals surface area contributed by atoms with Crippen molar-refractivity contribution in [3.8, 4) is 0 Å². The summed E-state index contributed by atoms with van der Waals surface area (Å²) in [6, 6.07) is 0. The van der Waals surface area contributed by atoms with Crippen LogP contribution in [0.4, 0.5) is 0 Å². The Hall–Kier alpha value is 0. The van der Waals surface area contributed by atoms with Gasteiger partial charge in [-0.25, -0.2) is 0 Å². The quantitative estimate of drug-likeness (QED) is 0.568. The molecule has 1 saturated carbocycles. The molecule has 0 radical (unpaired) electrons. The molecule has 0 aliphatic heterocycles. The van der Waals surface area contributed by atoms with Gasteiger partial charge < -0.3 is 0 Å². The number of hydrogen-bond donors (Lipinski definition) is 0. The molecule has 0 aromatic rings. The second-order valence-corrected chi connectivity index (χ2v) is 7.11. The van der Waals surface area contributed by atoms with Crippen molar-refractivity contribution in [2.45, 2.75) is 61.3 Å². The zero-order chi connectivity index (χ0) is 11.1. The van der Waals surface area contributed by atoms with Gasteiger partial charge in [0.05, 0.1) is 0 Å². The van der Waals surface area contributed by atoms with Gasteiger partial charge >= 0.3 is 0 Å². The summed E-state index contributed by atoms with van der Waals surface area (Å²) in [5.41, 5.74) is 1.05. The van der Waals surface area contributed by atoms with Crippen LogP contribution in [0.2, 0.25) is 0 Å². The molecule has 1 aliphatic rings. The molecule has 0 aromatic heterocycles. The van der Waals surface area contributed by atoms with Gasteiger partial charge in [-0.1, -0.05) is 48.5 Å². The Balaban J connectivity index is 2.86. The van der Waals surface area contributed by atoms with E-state index in [0.717, 1.165) is 17.8 Å². The maximum Gasteiger partial charge on any atom is -0.0321 e. The van der Waals surface area contributed by atoms with Crippen LogP contribution in [0, 0.1) is 28.6 Å². The van der Waals surface area contributed by atoms with E-state index in [1.165, 1.54) is 12.8 Å². The maximum atomic E-state index is 2.45. The second-order valence-electron chi connectivity index (χ2n) is 7.11. The van der Waals surface area contributed by atoms with Crippen molar-refractivity contribution < 1.29 is 0 Å². The molecule has 0 aromatic carbocycles. The lowest BCUT2D eigenvalue weighted by atomic mass is 9.53. The Morgan fingerprint density at radius 2 is 1.29 bits per heavy atom. The summed E-state index contributed by atoms with van der Waals surface area (Å²) in [4.78, 5) is 0. The standard InChI is InChI=1S/C14H28/c1-10(2)12-8-13(4,5)11(3)14(6,7)9-12/h10-12H,8-9H2,1-7H3. The highest BCUT2D eigenvalue weighted by molar-refractivity contribution is 4.94. The fourth-order valence-electron chi connectivity index (χ4n) is 3.31. The van der Waals surface area contributed by atoms with E-state index in [9.17, 15) is 0 Å². The van der Waals surface area contributed by atoms with Gasteiger partial charge in [0.2, 0.25) is 0 Å². The lowest BCUT2D eigenvalue weighted by Crippen LogP contribution is -2.43. The molecule has 0 atom stereocenters. The van der Waals surface area contributed by atoms with Crippen LogP contribution in [0.25, 0.3) is 0 Å². The summed E-state index contributed by atoms with van der Waals surface area (Å²) >= 11 is 0. The minimum Gasteiger partial charge on any atom is -0.0625 e. The van der Waals surface area contributed by atoms with E-state index in [4.69, 9.17) is 0 Å². The van der Waals surface area contributed by atoms with E-state index in [1.54, 1.807) is 0 Å². The third kappa shape index (κ3) is 2.15. The largest absolute Gasteiger partial charge is 0.0625 e. The molecule has 0 heterocycles. The summed E-state index contributed by atoms with van der Waals surface area (Å²) in [7, 11) is 0. The molecular weight excluding hydrogens is 168 g/mol. The van der Waals surface area contributed by atoms with E-state index >= 15 is 0 Å². The predicted octanol–water partition coefficient (Wildman–Crippen LogP) is 4.74. The van der Waals surface area contributed by atoms with Crippen molar-refractivity contribution >= 4 is 0 Å². The first-order valence-electron chi connectivity index (χ1n) is 6.17. The van der Waals surface area contributed by atoms with Gasteiger partial charge in [-0.05, 0) is 41.4 Å². The first kappa shape index (κ1) is 12.1. The molecule has 0 heteroatoms. The van der Waals surface area contributed by atoms with Gasteiger partial charge in [-0.2, -0.15) is 0 Å². The molecule has 0 bridgehead atoms. The van der Waals surface area contributed by atoms with Crippen LogP contribution in [-0.2, 0) is 0 Å². The van der Waals surface area contributed by atoms with Crippen molar-refractivity contribution in [1.29, 1.82) is 0 Å². The van der Waals surface area contributed by atoms with Crippen molar-refractivity contribution in [1.82, 2.24) is 0 Å². The van der Waals surface area contributed by atoms with Crippen LogP contribution in [0.1, 0.15) is 61.3 Å². The van der Waals surface area contributed by atoms with Crippen molar-refractivity contribution in [3.05, 3.63) is 0 Å². The van der Waals surface area contributed by atoms with Crippen molar-refractivity contribution in [2.24, 2.45) is 28.6 Å². The molecule has 0 spiro atoms. The number of hydrogen-bond acceptors (Lipinski definition) is 0. The molecule has 14 heavy (non-hydrogen) atoms. The fourth-order valence-corrected chi connectivity index (χ4v) is 3.31. The molecule has 0 N–H and O–H groups in total. The zero-order valence-corrected chi connectivity index (χ0v) is 11.1.